The molecule has 10 heteroatoms. The molecule has 1 aliphatic heterocycles. The fraction of sp³-hybridized carbons (Fsp3) is 0.364. The van der Waals surface area contributed by atoms with E-state index < -0.39 is 35.7 Å². The zero-order valence-corrected chi connectivity index (χ0v) is 25.8. The summed E-state index contributed by atoms with van der Waals surface area (Å²) in [7, 11) is 3.08. The van der Waals surface area contributed by atoms with Crippen LogP contribution in [0.3, 0.4) is 0 Å². The fourth-order valence-corrected chi connectivity index (χ4v) is 5.02. The SMILES string of the molecule is COc1ccc(CN(C[C@H](C(=O)N2C(=O)OC[C@H]2Cc2ccccc2)c2ccc(Cl)cc2)C(=O)OC(C)(C)C)c(OC)c1. The van der Waals surface area contributed by atoms with Crippen molar-refractivity contribution in [3.63, 3.8) is 0 Å². The monoisotopic (exact) mass is 608 g/mol. The third kappa shape index (κ3) is 8.20. The lowest BCUT2D eigenvalue weighted by molar-refractivity contribution is -0.131. The van der Waals surface area contributed by atoms with E-state index in [9.17, 15) is 14.4 Å². The first-order valence-electron chi connectivity index (χ1n) is 14.0. The minimum atomic E-state index is -0.932. The number of hydrogen-bond acceptors (Lipinski definition) is 7. The van der Waals surface area contributed by atoms with Crippen LogP contribution >= 0.6 is 11.6 Å². The number of hydrogen-bond donors (Lipinski definition) is 0. The van der Waals surface area contributed by atoms with Gasteiger partial charge in [0.15, 0.2) is 0 Å². The van der Waals surface area contributed by atoms with Gasteiger partial charge in [-0.25, -0.2) is 14.5 Å². The van der Waals surface area contributed by atoms with Crippen molar-refractivity contribution in [2.24, 2.45) is 0 Å². The van der Waals surface area contributed by atoms with E-state index in [1.807, 2.05) is 30.3 Å². The number of imide groups is 1. The lowest BCUT2D eigenvalue weighted by atomic mass is 9.95. The quantitative estimate of drug-likeness (QED) is 0.260. The topological polar surface area (TPSA) is 94.6 Å². The lowest BCUT2D eigenvalue weighted by Gasteiger charge is -2.32. The Hall–Kier alpha value is -4.24. The van der Waals surface area contributed by atoms with Gasteiger partial charge in [0.05, 0.1) is 32.7 Å². The first-order valence-corrected chi connectivity index (χ1v) is 14.3. The Bertz CT molecular complexity index is 1420. The van der Waals surface area contributed by atoms with Gasteiger partial charge in [0.2, 0.25) is 5.91 Å². The van der Waals surface area contributed by atoms with E-state index in [4.69, 9.17) is 30.5 Å². The van der Waals surface area contributed by atoms with Crippen LogP contribution in [0.15, 0.2) is 72.8 Å². The maximum atomic E-state index is 14.3. The molecule has 0 bridgehead atoms. The maximum absolute atomic E-state index is 14.3. The summed E-state index contributed by atoms with van der Waals surface area (Å²) in [5.74, 6) is -0.317. The molecular formula is C33H37ClN2O7. The molecular weight excluding hydrogens is 572 g/mol. The molecule has 3 aromatic rings. The summed E-state index contributed by atoms with van der Waals surface area (Å²) in [6.45, 7) is 5.36. The Balaban J connectivity index is 1.71. The van der Waals surface area contributed by atoms with Gasteiger partial charge in [-0.1, -0.05) is 54.1 Å². The van der Waals surface area contributed by atoms with Gasteiger partial charge in [0.1, 0.15) is 23.7 Å². The molecule has 0 aliphatic carbocycles. The van der Waals surface area contributed by atoms with Crippen LogP contribution in [0.1, 0.15) is 43.4 Å². The number of amides is 3. The van der Waals surface area contributed by atoms with Crippen LogP contribution in [0.4, 0.5) is 9.59 Å². The van der Waals surface area contributed by atoms with Gasteiger partial charge in [0, 0.05) is 23.2 Å². The number of ether oxygens (including phenoxy) is 4. The number of methoxy groups -OCH3 is 2. The molecule has 0 saturated carbocycles. The molecule has 4 rings (SSSR count). The second kappa shape index (κ2) is 13.8. The van der Waals surface area contributed by atoms with Crippen molar-refractivity contribution < 1.29 is 33.3 Å². The van der Waals surface area contributed by atoms with Gasteiger partial charge in [-0.05, 0) is 62.6 Å². The van der Waals surface area contributed by atoms with E-state index in [2.05, 4.69) is 0 Å². The number of cyclic esters (lactones) is 1. The summed E-state index contributed by atoms with van der Waals surface area (Å²) < 4.78 is 22.0. The van der Waals surface area contributed by atoms with Crippen LogP contribution in [0, 0.1) is 0 Å². The van der Waals surface area contributed by atoms with Gasteiger partial charge in [-0.2, -0.15) is 0 Å². The average Bonchev–Trinajstić information content (AvgIpc) is 3.34. The number of carbonyl (C=O) groups excluding carboxylic acids is 3. The molecule has 228 valence electrons. The highest BCUT2D eigenvalue weighted by atomic mass is 35.5. The molecule has 3 amide bonds. The Labute approximate surface area is 257 Å². The molecule has 1 aliphatic rings. The average molecular weight is 609 g/mol. The standard InChI is InChI=1S/C33H37ClN2O7/c1-33(2,3)43-31(38)35(19-24-13-16-27(40-4)18-29(24)41-5)20-28(23-11-14-25(34)15-12-23)30(37)36-26(21-42-32(36)39)17-22-9-7-6-8-10-22/h6-16,18,26,28H,17,19-21H2,1-5H3/t26-,28+/m1/s1. The number of halogens is 1. The van der Waals surface area contributed by atoms with Gasteiger partial charge >= 0.3 is 12.2 Å². The van der Waals surface area contributed by atoms with Crippen LogP contribution in [-0.4, -0.2) is 66.9 Å². The molecule has 0 spiro atoms. The van der Waals surface area contributed by atoms with Gasteiger partial charge in [-0.3, -0.25) is 4.79 Å². The summed E-state index contributed by atoms with van der Waals surface area (Å²) in [6, 6.07) is 21.2. The summed E-state index contributed by atoms with van der Waals surface area (Å²) in [4.78, 5) is 43.5. The molecule has 9 nitrogen and oxygen atoms in total. The highest BCUT2D eigenvalue weighted by molar-refractivity contribution is 6.30. The van der Waals surface area contributed by atoms with E-state index in [0.29, 0.717) is 34.1 Å². The van der Waals surface area contributed by atoms with E-state index >= 15 is 0 Å². The number of nitrogens with zero attached hydrogens (tertiary/aromatic N) is 2. The molecule has 2 atom stereocenters. The van der Waals surface area contributed by atoms with Crippen molar-refractivity contribution in [3.8, 4) is 11.5 Å². The minimum Gasteiger partial charge on any atom is -0.497 e. The normalized spacial score (nSPS) is 15.4. The highest BCUT2D eigenvalue weighted by Gasteiger charge is 2.42. The summed E-state index contributed by atoms with van der Waals surface area (Å²) in [5.41, 5.74) is 1.44. The van der Waals surface area contributed by atoms with Crippen molar-refractivity contribution in [1.82, 2.24) is 9.80 Å². The van der Waals surface area contributed by atoms with E-state index in [-0.39, 0.29) is 19.7 Å². The smallest absolute Gasteiger partial charge is 0.417 e. The first-order chi connectivity index (χ1) is 20.5. The van der Waals surface area contributed by atoms with Crippen molar-refractivity contribution >= 4 is 29.7 Å². The largest absolute Gasteiger partial charge is 0.497 e. The zero-order valence-electron chi connectivity index (χ0n) is 25.0. The maximum Gasteiger partial charge on any atom is 0.417 e. The Kier molecular flexibility index (Phi) is 10.2. The molecule has 1 saturated heterocycles. The third-order valence-corrected chi connectivity index (χ3v) is 7.25. The molecule has 0 N–H and O–H groups in total. The molecule has 3 aromatic carbocycles. The van der Waals surface area contributed by atoms with Crippen molar-refractivity contribution in [1.29, 1.82) is 0 Å². The van der Waals surface area contributed by atoms with E-state index in [1.165, 1.54) is 16.9 Å². The summed E-state index contributed by atoms with van der Waals surface area (Å²) in [6.07, 6.45) is -0.905. The van der Waals surface area contributed by atoms with Gasteiger partial charge in [-0.15, -0.1) is 0 Å². The summed E-state index contributed by atoms with van der Waals surface area (Å²) in [5, 5.41) is 0.490. The lowest BCUT2D eigenvalue weighted by Crippen LogP contribution is -2.47. The molecule has 0 unspecified atom stereocenters. The Morgan fingerprint density at radius 1 is 1.02 bits per heavy atom. The van der Waals surface area contributed by atoms with Gasteiger partial charge < -0.3 is 23.8 Å². The van der Waals surface area contributed by atoms with E-state index in [1.54, 1.807) is 70.3 Å². The predicted octanol–water partition coefficient (Wildman–Crippen LogP) is 6.47. The third-order valence-electron chi connectivity index (χ3n) is 6.99. The van der Waals surface area contributed by atoms with Crippen LogP contribution < -0.4 is 9.47 Å². The first kappa shape index (κ1) is 31.7. The second-order valence-electron chi connectivity index (χ2n) is 11.3. The van der Waals surface area contributed by atoms with Crippen molar-refractivity contribution in [2.75, 3.05) is 27.4 Å². The van der Waals surface area contributed by atoms with Crippen molar-refractivity contribution in [3.05, 3.63) is 94.5 Å². The number of benzene rings is 3. The zero-order chi connectivity index (χ0) is 31.1. The highest BCUT2D eigenvalue weighted by Crippen LogP contribution is 2.30. The Morgan fingerprint density at radius 3 is 2.35 bits per heavy atom. The molecule has 1 fully saturated rings. The second-order valence-corrected chi connectivity index (χ2v) is 11.7. The predicted molar refractivity (Wildman–Crippen MR) is 163 cm³/mol. The van der Waals surface area contributed by atoms with E-state index in [0.717, 1.165) is 5.56 Å². The molecule has 1 heterocycles. The van der Waals surface area contributed by atoms with Crippen LogP contribution in [0.2, 0.25) is 5.02 Å². The number of carbonyl (C=O) groups is 3. The van der Waals surface area contributed by atoms with Crippen LogP contribution in [0.5, 0.6) is 11.5 Å². The van der Waals surface area contributed by atoms with Gasteiger partial charge in [0.25, 0.3) is 0 Å². The van der Waals surface area contributed by atoms with Crippen LogP contribution in [-0.2, 0) is 27.2 Å². The fourth-order valence-electron chi connectivity index (χ4n) is 4.89. The molecule has 43 heavy (non-hydrogen) atoms. The Morgan fingerprint density at radius 2 is 1.72 bits per heavy atom. The molecule has 0 aromatic heterocycles. The minimum absolute atomic E-state index is 0.0668. The summed E-state index contributed by atoms with van der Waals surface area (Å²) >= 11 is 6.18. The van der Waals surface area contributed by atoms with Crippen LogP contribution in [0.25, 0.3) is 0 Å². The molecule has 0 radical (unpaired) electrons. The van der Waals surface area contributed by atoms with Crippen molar-refractivity contribution in [2.45, 2.75) is 51.3 Å². The number of rotatable bonds is 10.